The van der Waals surface area contributed by atoms with Crippen molar-refractivity contribution in [1.82, 2.24) is 15.1 Å². The Hall–Kier alpha value is -1.67. The van der Waals surface area contributed by atoms with Gasteiger partial charge in [0.1, 0.15) is 11.6 Å². The largest absolute Gasteiger partial charge is 0.450 e. The average Bonchev–Trinajstić information content (AvgIpc) is 2.85. The van der Waals surface area contributed by atoms with E-state index in [9.17, 15) is 18.0 Å². The zero-order valence-electron chi connectivity index (χ0n) is 10.3. The van der Waals surface area contributed by atoms with Crippen molar-refractivity contribution in [2.75, 3.05) is 0 Å². The molecule has 0 aliphatic rings. The van der Waals surface area contributed by atoms with Crippen molar-refractivity contribution in [3.63, 3.8) is 0 Å². The summed E-state index contributed by atoms with van der Waals surface area (Å²) in [6.45, 7) is 1.02. The molecule has 2 aromatic heterocycles. The van der Waals surface area contributed by atoms with Crippen LogP contribution in [0.1, 0.15) is 18.7 Å². The lowest BCUT2D eigenvalue weighted by atomic mass is 10.1. The summed E-state index contributed by atoms with van der Waals surface area (Å²) in [5, 5.41) is 3.84. The molecule has 0 aliphatic carbocycles. The third kappa shape index (κ3) is 3.33. The van der Waals surface area contributed by atoms with Crippen LogP contribution in [0.5, 0.6) is 0 Å². The molecule has 0 fully saturated rings. The summed E-state index contributed by atoms with van der Waals surface area (Å²) in [4.78, 5) is 18.7. The minimum atomic E-state index is -4.98. The van der Waals surface area contributed by atoms with Gasteiger partial charge in [-0.3, -0.25) is 4.79 Å². The number of carbonyl (C=O) groups excluding carboxylic acids is 1. The molecule has 2 aromatic rings. The van der Waals surface area contributed by atoms with Gasteiger partial charge in [0, 0.05) is 6.20 Å². The van der Waals surface area contributed by atoms with Crippen molar-refractivity contribution in [3.05, 3.63) is 28.2 Å². The molecule has 1 atom stereocenters. The Bertz CT molecular complexity index is 688. The molecule has 5 nitrogen and oxygen atoms in total. The number of Topliss-reactive ketones (excluding diaryl/α,β-unsaturated/α-hetero) is 1. The molecule has 0 radical (unpaired) electrons. The highest BCUT2D eigenvalue weighted by Gasteiger charge is 2.44. The van der Waals surface area contributed by atoms with Crippen molar-refractivity contribution < 1.29 is 22.5 Å². The number of hydrogen-bond donors (Lipinski definition) is 0. The number of carbonyl (C=O) groups is 1. The summed E-state index contributed by atoms with van der Waals surface area (Å²) in [5.74, 6) is -4.20. The quantitative estimate of drug-likeness (QED) is 0.853. The summed E-state index contributed by atoms with van der Waals surface area (Å²) in [6, 6.07) is 1.37. The number of nitrogens with zero attached hydrogens (tertiary/aromatic N) is 3. The average molecular weight is 340 g/mol. The molecular formula is C11H6Cl2F3N3O2. The van der Waals surface area contributed by atoms with Gasteiger partial charge in [0.2, 0.25) is 17.5 Å². The normalized spacial score (nSPS) is 13.2. The molecule has 0 saturated carbocycles. The second-order valence-corrected chi connectivity index (χ2v) is 4.87. The van der Waals surface area contributed by atoms with Gasteiger partial charge in [0.05, 0.1) is 10.0 Å². The number of alkyl halides is 3. The first-order valence-corrected chi connectivity index (χ1v) is 6.22. The first kappa shape index (κ1) is 15.7. The maximum Gasteiger partial charge on any atom is 0.450 e. The molecule has 1 unspecified atom stereocenters. The van der Waals surface area contributed by atoms with Crippen LogP contribution in [0.3, 0.4) is 0 Å². The highest BCUT2D eigenvalue weighted by atomic mass is 35.5. The minimum absolute atomic E-state index is 0.0859. The van der Waals surface area contributed by atoms with Gasteiger partial charge in [-0.25, -0.2) is 4.98 Å². The fourth-order valence-corrected chi connectivity index (χ4v) is 1.91. The predicted octanol–water partition coefficient (Wildman–Crippen LogP) is 3.67. The lowest BCUT2D eigenvalue weighted by molar-refractivity contribution is -0.172. The zero-order valence-corrected chi connectivity index (χ0v) is 11.8. The van der Waals surface area contributed by atoms with Gasteiger partial charge < -0.3 is 4.52 Å². The van der Waals surface area contributed by atoms with E-state index < -0.39 is 23.8 Å². The van der Waals surface area contributed by atoms with Crippen molar-refractivity contribution >= 4 is 29.0 Å². The highest BCUT2D eigenvalue weighted by Crippen LogP contribution is 2.29. The lowest BCUT2D eigenvalue weighted by Crippen LogP contribution is -2.27. The number of ketones is 1. The van der Waals surface area contributed by atoms with Crippen LogP contribution in [0.15, 0.2) is 16.8 Å². The number of rotatable bonds is 3. The number of aromatic nitrogens is 3. The second-order valence-electron chi connectivity index (χ2n) is 4.02. The van der Waals surface area contributed by atoms with Crippen LogP contribution in [-0.2, 0) is 4.79 Å². The van der Waals surface area contributed by atoms with Crippen molar-refractivity contribution in [2.24, 2.45) is 0 Å². The van der Waals surface area contributed by atoms with Gasteiger partial charge >= 0.3 is 6.18 Å². The van der Waals surface area contributed by atoms with Crippen LogP contribution >= 0.6 is 23.2 Å². The van der Waals surface area contributed by atoms with Crippen LogP contribution < -0.4 is 0 Å². The maximum atomic E-state index is 12.3. The van der Waals surface area contributed by atoms with Gasteiger partial charge in [-0.2, -0.15) is 18.2 Å². The fraction of sp³-hybridized carbons (Fsp3) is 0.273. The van der Waals surface area contributed by atoms with E-state index in [1.54, 1.807) is 0 Å². The maximum absolute atomic E-state index is 12.3. The Labute approximate surface area is 126 Å². The Balaban J connectivity index is 2.32. The minimum Gasteiger partial charge on any atom is -0.338 e. The molecule has 0 aromatic carbocycles. The van der Waals surface area contributed by atoms with Crippen LogP contribution in [0.25, 0.3) is 11.5 Å². The monoisotopic (exact) mass is 339 g/mol. The highest BCUT2D eigenvalue weighted by molar-refractivity contribution is 6.35. The van der Waals surface area contributed by atoms with Crippen molar-refractivity contribution in [3.8, 4) is 11.5 Å². The molecule has 10 heteroatoms. The Kier molecular flexibility index (Phi) is 4.20. The van der Waals surface area contributed by atoms with Gasteiger partial charge in [0.15, 0.2) is 0 Å². The lowest BCUT2D eigenvalue weighted by Gasteiger charge is -2.08. The van der Waals surface area contributed by atoms with Crippen molar-refractivity contribution in [1.29, 1.82) is 0 Å². The van der Waals surface area contributed by atoms with E-state index in [0.717, 1.165) is 6.92 Å². The van der Waals surface area contributed by atoms with Gasteiger partial charge in [-0.1, -0.05) is 28.4 Å². The van der Waals surface area contributed by atoms with Gasteiger partial charge in [-0.05, 0) is 13.0 Å². The molecule has 0 spiro atoms. The summed E-state index contributed by atoms with van der Waals surface area (Å²) in [5.41, 5.74) is 0.0859. The first-order valence-electron chi connectivity index (χ1n) is 5.46. The second kappa shape index (κ2) is 5.61. The fourth-order valence-electron chi connectivity index (χ4n) is 1.44. The third-order valence-corrected chi connectivity index (χ3v) is 3.00. The van der Waals surface area contributed by atoms with Crippen LogP contribution in [0.4, 0.5) is 13.2 Å². The van der Waals surface area contributed by atoms with E-state index in [1.807, 2.05) is 0 Å². The molecule has 0 N–H and O–H groups in total. The molecule has 112 valence electrons. The Morgan fingerprint density at radius 1 is 1.38 bits per heavy atom. The standard InChI is InChI=1S/C11H6Cl2F3N3O2/c1-4(8(20)11(14,15)16)10-18-9(19-21-10)7-6(13)2-5(12)3-17-7/h2-4H,1H3. The Morgan fingerprint density at radius 2 is 2.05 bits per heavy atom. The van der Waals surface area contributed by atoms with E-state index in [1.165, 1.54) is 12.3 Å². The van der Waals surface area contributed by atoms with E-state index in [2.05, 4.69) is 19.6 Å². The van der Waals surface area contributed by atoms with Gasteiger partial charge in [-0.15, -0.1) is 0 Å². The first-order chi connectivity index (χ1) is 9.70. The smallest absolute Gasteiger partial charge is 0.338 e. The van der Waals surface area contributed by atoms with Crippen LogP contribution in [0, 0.1) is 0 Å². The van der Waals surface area contributed by atoms with Crippen LogP contribution in [0.2, 0.25) is 10.0 Å². The van der Waals surface area contributed by atoms with Crippen molar-refractivity contribution in [2.45, 2.75) is 19.0 Å². The van der Waals surface area contributed by atoms with Crippen LogP contribution in [-0.4, -0.2) is 27.1 Å². The number of hydrogen-bond acceptors (Lipinski definition) is 5. The molecule has 0 aliphatic heterocycles. The van der Waals surface area contributed by atoms with E-state index in [0.29, 0.717) is 0 Å². The Morgan fingerprint density at radius 3 is 2.62 bits per heavy atom. The summed E-state index contributed by atoms with van der Waals surface area (Å²) in [6.07, 6.45) is -3.71. The van der Waals surface area contributed by atoms with E-state index in [4.69, 9.17) is 23.2 Å². The topological polar surface area (TPSA) is 68.9 Å². The third-order valence-electron chi connectivity index (χ3n) is 2.50. The number of halogens is 5. The zero-order chi connectivity index (χ0) is 15.8. The predicted molar refractivity (Wildman–Crippen MR) is 67.0 cm³/mol. The molecule has 0 bridgehead atoms. The molecule has 0 amide bonds. The molecule has 2 heterocycles. The summed E-state index contributed by atoms with van der Waals surface area (Å²) < 4.78 is 41.7. The summed E-state index contributed by atoms with van der Waals surface area (Å²) >= 11 is 11.5. The van der Waals surface area contributed by atoms with E-state index in [-0.39, 0.29) is 21.6 Å². The molecular weight excluding hydrogens is 334 g/mol. The summed E-state index contributed by atoms with van der Waals surface area (Å²) in [7, 11) is 0. The SMILES string of the molecule is CC(C(=O)C(F)(F)F)c1nc(-c2ncc(Cl)cc2Cl)no1. The van der Waals surface area contributed by atoms with Gasteiger partial charge in [0.25, 0.3) is 0 Å². The van der Waals surface area contributed by atoms with E-state index >= 15 is 0 Å². The molecule has 0 saturated heterocycles. The number of pyridine rings is 1. The molecule has 21 heavy (non-hydrogen) atoms. The molecule has 2 rings (SSSR count).